The van der Waals surface area contributed by atoms with Crippen molar-refractivity contribution in [3.63, 3.8) is 0 Å². The number of alkyl halides is 3. The highest BCUT2D eigenvalue weighted by Gasteiger charge is 2.31. The standard InChI is InChI=1S/C14H19BrF3N3OSi/c1-23(2,3)5-4-22-9-21-13-11(6-10(15)8-19-13)12(20-21)7-14(16,17)18/h6,8H,4-5,7,9H2,1-3H3. The molecule has 2 rings (SSSR count). The molecule has 128 valence electrons. The molecule has 0 N–H and O–H groups in total. The van der Waals surface area contributed by atoms with E-state index in [9.17, 15) is 13.2 Å². The minimum atomic E-state index is -4.31. The van der Waals surface area contributed by atoms with Gasteiger partial charge >= 0.3 is 6.18 Å². The van der Waals surface area contributed by atoms with Crippen molar-refractivity contribution in [2.45, 2.75) is 45.0 Å². The Kier molecular flexibility index (Phi) is 5.52. The molecule has 2 aromatic heterocycles. The van der Waals surface area contributed by atoms with Gasteiger partial charge in [0.2, 0.25) is 0 Å². The molecule has 0 aromatic carbocycles. The summed E-state index contributed by atoms with van der Waals surface area (Å²) in [5.74, 6) is 0. The summed E-state index contributed by atoms with van der Waals surface area (Å²) in [5, 5.41) is 4.44. The number of fused-ring (bicyclic) bond motifs is 1. The Morgan fingerprint density at radius 2 is 2.00 bits per heavy atom. The fraction of sp³-hybridized carbons (Fsp3) is 0.571. The lowest BCUT2D eigenvalue weighted by Crippen LogP contribution is -2.22. The molecule has 0 amide bonds. The molecular formula is C14H19BrF3N3OSi. The number of aromatic nitrogens is 3. The van der Waals surface area contributed by atoms with E-state index in [0.717, 1.165) is 6.04 Å². The molecule has 0 aliphatic carbocycles. The molecule has 0 unspecified atom stereocenters. The molecule has 0 bridgehead atoms. The quantitative estimate of drug-likeness (QED) is 0.516. The van der Waals surface area contributed by atoms with Crippen molar-refractivity contribution in [2.24, 2.45) is 0 Å². The van der Waals surface area contributed by atoms with Crippen molar-refractivity contribution in [1.29, 1.82) is 0 Å². The van der Waals surface area contributed by atoms with E-state index in [2.05, 4.69) is 45.7 Å². The van der Waals surface area contributed by atoms with E-state index in [4.69, 9.17) is 4.74 Å². The van der Waals surface area contributed by atoms with E-state index in [1.165, 1.54) is 4.68 Å². The Balaban J connectivity index is 2.19. The average Bonchev–Trinajstić information content (AvgIpc) is 2.69. The van der Waals surface area contributed by atoms with Crippen LogP contribution in [0.2, 0.25) is 25.7 Å². The molecule has 0 radical (unpaired) electrons. The number of hydrogen-bond donors (Lipinski definition) is 0. The second-order valence-electron chi connectivity index (χ2n) is 6.61. The Morgan fingerprint density at radius 3 is 2.61 bits per heavy atom. The van der Waals surface area contributed by atoms with E-state index in [0.29, 0.717) is 22.1 Å². The highest BCUT2D eigenvalue weighted by molar-refractivity contribution is 9.10. The van der Waals surface area contributed by atoms with E-state index in [1.54, 1.807) is 12.3 Å². The third kappa shape index (κ3) is 5.57. The van der Waals surface area contributed by atoms with Crippen LogP contribution in [0.25, 0.3) is 11.0 Å². The third-order valence-electron chi connectivity index (χ3n) is 3.21. The smallest absolute Gasteiger partial charge is 0.359 e. The maximum atomic E-state index is 12.7. The van der Waals surface area contributed by atoms with Crippen LogP contribution < -0.4 is 0 Å². The molecule has 4 nitrogen and oxygen atoms in total. The zero-order valence-electron chi connectivity index (χ0n) is 13.2. The van der Waals surface area contributed by atoms with Crippen LogP contribution in [0.1, 0.15) is 5.69 Å². The van der Waals surface area contributed by atoms with Crippen molar-refractivity contribution in [3.8, 4) is 0 Å². The highest BCUT2D eigenvalue weighted by atomic mass is 79.9. The Bertz CT molecular complexity index is 682. The van der Waals surface area contributed by atoms with Crippen molar-refractivity contribution in [2.75, 3.05) is 6.61 Å². The van der Waals surface area contributed by atoms with Gasteiger partial charge in [0.05, 0.1) is 12.1 Å². The predicted molar refractivity (Wildman–Crippen MR) is 89.1 cm³/mol. The van der Waals surface area contributed by atoms with Gasteiger partial charge in [0.1, 0.15) is 6.73 Å². The molecule has 0 saturated carbocycles. The number of rotatable bonds is 6. The summed E-state index contributed by atoms with van der Waals surface area (Å²) >= 11 is 3.23. The van der Waals surface area contributed by atoms with Crippen molar-refractivity contribution >= 4 is 35.0 Å². The summed E-state index contributed by atoms with van der Waals surface area (Å²) in [6, 6.07) is 2.59. The molecule has 9 heteroatoms. The van der Waals surface area contributed by atoms with Gasteiger partial charge in [-0.2, -0.15) is 18.3 Å². The van der Waals surface area contributed by atoms with Crippen LogP contribution in [0.5, 0.6) is 0 Å². The van der Waals surface area contributed by atoms with Gasteiger partial charge in [0.15, 0.2) is 5.65 Å². The average molecular weight is 410 g/mol. The van der Waals surface area contributed by atoms with E-state index < -0.39 is 20.7 Å². The number of hydrogen-bond acceptors (Lipinski definition) is 3. The molecule has 2 aromatic rings. The summed E-state index contributed by atoms with van der Waals surface area (Å²) in [6.45, 7) is 7.39. The van der Waals surface area contributed by atoms with Crippen LogP contribution in [0.4, 0.5) is 13.2 Å². The first kappa shape index (κ1) is 18.4. The maximum Gasteiger partial charge on any atom is 0.394 e. The zero-order chi connectivity index (χ0) is 17.3. The summed E-state index contributed by atoms with van der Waals surface area (Å²) in [5.41, 5.74) is 0.371. The summed E-state index contributed by atoms with van der Waals surface area (Å²) in [7, 11) is -1.21. The molecule has 0 aliphatic heterocycles. The van der Waals surface area contributed by atoms with E-state index in [-0.39, 0.29) is 12.4 Å². The topological polar surface area (TPSA) is 39.9 Å². The second kappa shape index (κ2) is 6.90. The second-order valence-corrected chi connectivity index (χ2v) is 13.1. The molecule has 0 atom stereocenters. The summed E-state index contributed by atoms with van der Waals surface area (Å²) in [4.78, 5) is 4.17. The lowest BCUT2D eigenvalue weighted by Gasteiger charge is -2.15. The van der Waals surface area contributed by atoms with Crippen LogP contribution in [0, 0.1) is 0 Å². The van der Waals surface area contributed by atoms with Gasteiger partial charge in [-0.3, -0.25) is 0 Å². The zero-order valence-corrected chi connectivity index (χ0v) is 15.8. The van der Waals surface area contributed by atoms with Crippen LogP contribution in [0.15, 0.2) is 16.7 Å². The summed E-state index contributed by atoms with van der Waals surface area (Å²) < 4.78 is 45.7. The lowest BCUT2D eigenvalue weighted by molar-refractivity contribution is -0.127. The van der Waals surface area contributed by atoms with Crippen LogP contribution in [-0.4, -0.2) is 35.6 Å². The van der Waals surface area contributed by atoms with Gasteiger partial charge in [-0.15, -0.1) is 0 Å². The molecule has 2 heterocycles. The highest BCUT2D eigenvalue weighted by Crippen LogP contribution is 2.27. The van der Waals surface area contributed by atoms with Crippen molar-refractivity contribution in [1.82, 2.24) is 14.8 Å². The Labute approximate surface area is 142 Å². The number of pyridine rings is 1. The van der Waals surface area contributed by atoms with Gasteiger partial charge in [-0.1, -0.05) is 19.6 Å². The van der Waals surface area contributed by atoms with Gasteiger partial charge in [0.25, 0.3) is 0 Å². The molecule has 0 fully saturated rings. The molecule has 0 saturated heterocycles. The minimum Gasteiger partial charge on any atom is -0.359 e. The van der Waals surface area contributed by atoms with Gasteiger partial charge in [-0.25, -0.2) is 9.67 Å². The van der Waals surface area contributed by atoms with Gasteiger partial charge in [0, 0.05) is 30.7 Å². The largest absolute Gasteiger partial charge is 0.394 e. The number of nitrogens with zero attached hydrogens (tertiary/aromatic N) is 3. The Morgan fingerprint density at radius 1 is 1.30 bits per heavy atom. The number of ether oxygens (including phenoxy) is 1. The molecule has 0 spiro atoms. The van der Waals surface area contributed by atoms with Crippen molar-refractivity contribution < 1.29 is 17.9 Å². The van der Waals surface area contributed by atoms with Gasteiger partial charge in [-0.05, 0) is 28.0 Å². The molecule has 0 aliphatic rings. The van der Waals surface area contributed by atoms with Crippen LogP contribution in [0.3, 0.4) is 0 Å². The molecular weight excluding hydrogens is 391 g/mol. The molecule has 23 heavy (non-hydrogen) atoms. The predicted octanol–water partition coefficient (Wildman–Crippen LogP) is 4.61. The first-order valence-corrected chi connectivity index (χ1v) is 11.7. The lowest BCUT2D eigenvalue weighted by atomic mass is 10.2. The van der Waals surface area contributed by atoms with Crippen LogP contribution in [-0.2, 0) is 17.9 Å². The number of halogens is 4. The van der Waals surface area contributed by atoms with E-state index >= 15 is 0 Å². The third-order valence-corrected chi connectivity index (χ3v) is 5.35. The normalized spacial score (nSPS) is 13.0. The van der Waals surface area contributed by atoms with Crippen LogP contribution >= 0.6 is 15.9 Å². The first-order chi connectivity index (χ1) is 10.6. The monoisotopic (exact) mass is 409 g/mol. The van der Waals surface area contributed by atoms with Crippen molar-refractivity contribution in [3.05, 3.63) is 22.4 Å². The van der Waals surface area contributed by atoms with Gasteiger partial charge < -0.3 is 4.74 Å². The fourth-order valence-corrected chi connectivity index (χ4v) is 3.12. The maximum absolute atomic E-state index is 12.7. The summed E-state index contributed by atoms with van der Waals surface area (Å²) in [6.07, 6.45) is -3.85. The SMILES string of the molecule is C[Si](C)(C)CCOCn1nc(CC(F)(F)F)c2cc(Br)cnc21. The first-order valence-electron chi connectivity index (χ1n) is 7.21. The fourth-order valence-electron chi connectivity index (χ4n) is 2.04. The minimum absolute atomic E-state index is 0.0323. The Hall–Kier alpha value is -0.933. The van der Waals surface area contributed by atoms with E-state index in [1.807, 2.05) is 0 Å².